The van der Waals surface area contributed by atoms with Crippen LogP contribution in [0.25, 0.3) is 11.1 Å². The molecule has 0 radical (unpaired) electrons. The quantitative estimate of drug-likeness (QED) is 0.272. The number of carboxylic acids is 1. The van der Waals surface area contributed by atoms with E-state index < -0.39 is 17.7 Å². The molecule has 1 aromatic heterocycles. The third-order valence-electron chi connectivity index (χ3n) is 7.77. The van der Waals surface area contributed by atoms with Crippen LogP contribution in [0.15, 0.2) is 48.5 Å². The average molecular weight is 578 g/mol. The second-order valence-electron chi connectivity index (χ2n) is 12.8. The molecule has 0 amide bonds. The number of halogens is 1. The Morgan fingerprint density at radius 3 is 2.26 bits per heavy atom. The number of aromatic nitrogens is 1. The Morgan fingerprint density at radius 2 is 1.71 bits per heavy atom. The molecule has 1 atom stereocenters. The predicted molar refractivity (Wildman–Crippen MR) is 164 cm³/mol. The van der Waals surface area contributed by atoms with Gasteiger partial charge < -0.3 is 25.2 Å². The van der Waals surface area contributed by atoms with Crippen molar-refractivity contribution in [3.05, 3.63) is 76.9 Å². The number of ether oxygens (including phenoxy) is 2. The Morgan fingerprint density at radius 1 is 1.10 bits per heavy atom. The lowest BCUT2D eigenvalue weighted by atomic mass is 9.81. The number of pyridine rings is 1. The maximum absolute atomic E-state index is 13.2. The number of piperidine rings is 1. The summed E-state index contributed by atoms with van der Waals surface area (Å²) in [5, 5.41) is 10.4. The van der Waals surface area contributed by atoms with Crippen molar-refractivity contribution in [2.75, 3.05) is 24.6 Å². The molecule has 3 aromatic rings. The van der Waals surface area contributed by atoms with Crippen molar-refractivity contribution in [1.82, 2.24) is 4.98 Å². The lowest BCUT2D eigenvalue weighted by molar-refractivity contribution is -0.160. The van der Waals surface area contributed by atoms with Crippen LogP contribution in [0.3, 0.4) is 0 Å². The van der Waals surface area contributed by atoms with Crippen LogP contribution in [0.2, 0.25) is 0 Å². The van der Waals surface area contributed by atoms with Crippen molar-refractivity contribution in [2.24, 2.45) is 11.1 Å². The van der Waals surface area contributed by atoms with Crippen molar-refractivity contribution < 1.29 is 23.8 Å². The Balaban J connectivity index is 1.75. The van der Waals surface area contributed by atoms with Crippen LogP contribution < -0.4 is 15.4 Å². The molecule has 1 saturated heterocycles. The molecule has 1 aliphatic rings. The molecule has 2 aromatic carbocycles. The van der Waals surface area contributed by atoms with Gasteiger partial charge in [0.15, 0.2) is 6.10 Å². The van der Waals surface area contributed by atoms with Crippen molar-refractivity contribution in [2.45, 2.75) is 79.1 Å². The average Bonchev–Trinajstić information content (AvgIpc) is 2.92. The van der Waals surface area contributed by atoms with E-state index in [4.69, 9.17) is 20.2 Å². The lowest BCUT2D eigenvalue weighted by Gasteiger charge is -2.41. The number of nitrogens with two attached hydrogens (primary N) is 1. The van der Waals surface area contributed by atoms with Crippen molar-refractivity contribution in [3.63, 3.8) is 0 Å². The molecule has 3 N–H and O–H groups in total. The van der Waals surface area contributed by atoms with Gasteiger partial charge in [-0.2, -0.15) is 0 Å². The van der Waals surface area contributed by atoms with Gasteiger partial charge in [0.25, 0.3) is 0 Å². The number of carbonyl (C=O) groups is 1. The summed E-state index contributed by atoms with van der Waals surface area (Å²) in [6, 6.07) is 14.2. The Bertz CT molecular complexity index is 1370. The smallest absolute Gasteiger partial charge is 0.337 e. The Labute approximate surface area is 248 Å². The molecule has 0 aliphatic carbocycles. The SMILES string of the molecule is Cc1nc(CN)c(-c2ccc(OCCc3ccc(F)cc3)cc2)c(N2CCC(C)(C)CC2)c1C(OC(C)(C)C)C(=O)O. The van der Waals surface area contributed by atoms with Crippen LogP contribution in [0.5, 0.6) is 5.75 Å². The summed E-state index contributed by atoms with van der Waals surface area (Å²) in [4.78, 5) is 19.8. The molecule has 226 valence electrons. The van der Waals surface area contributed by atoms with Gasteiger partial charge in [-0.05, 0) is 81.3 Å². The van der Waals surface area contributed by atoms with E-state index in [9.17, 15) is 14.3 Å². The second-order valence-corrected chi connectivity index (χ2v) is 12.8. The van der Waals surface area contributed by atoms with Crippen LogP contribution in [0.4, 0.5) is 10.1 Å². The first-order valence-corrected chi connectivity index (χ1v) is 14.6. The van der Waals surface area contributed by atoms with E-state index in [0.29, 0.717) is 35.7 Å². The highest BCUT2D eigenvalue weighted by Gasteiger charge is 2.36. The largest absolute Gasteiger partial charge is 0.493 e. The van der Waals surface area contributed by atoms with E-state index >= 15 is 0 Å². The van der Waals surface area contributed by atoms with Gasteiger partial charge in [-0.15, -0.1) is 0 Å². The topological polar surface area (TPSA) is 97.9 Å². The number of aliphatic carboxylic acids is 1. The fraction of sp³-hybridized carbons (Fsp3) is 0.471. The van der Waals surface area contributed by atoms with Crippen molar-refractivity contribution in [1.29, 1.82) is 0 Å². The summed E-state index contributed by atoms with van der Waals surface area (Å²) in [5.74, 6) is -0.603. The summed E-state index contributed by atoms with van der Waals surface area (Å²) in [6.07, 6.45) is 1.42. The Kier molecular flexibility index (Phi) is 9.58. The second kappa shape index (κ2) is 12.8. The molecule has 4 rings (SSSR count). The monoisotopic (exact) mass is 577 g/mol. The molecule has 8 heteroatoms. The highest BCUT2D eigenvalue weighted by molar-refractivity contribution is 5.88. The van der Waals surface area contributed by atoms with Crippen LogP contribution in [-0.4, -0.2) is 41.4 Å². The summed E-state index contributed by atoms with van der Waals surface area (Å²) < 4.78 is 25.4. The zero-order valence-corrected chi connectivity index (χ0v) is 25.7. The maximum atomic E-state index is 13.2. The number of hydrogen-bond donors (Lipinski definition) is 2. The summed E-state index contributed by atoms with van der Waals surface area (Å²) in [5.41, 5.74) is 11.2. The van der Waals surface area contributed by atoms with E-state index in [1.807, 2.05) is 52.0 Å². The first kappa shape index (κ1) is 31.4. The van der Waals surface area contributed by atoms with Gasteiger partial charge in [0.1, 0.15) is 11.6 Å². The number of nitrogens with zero attached hydrogens (tertiary/aromatic N) is 2. The molecule has 0 saturated carbocycles. The summed E-state index contributed by atoms with van der Waals surface area (Å²) in [7, 11) is 0. The fourth-order valence-corrected chi connectivity index (χ4v) is 5.43. The van der Waals surface area contributed by atoms with Gasteiger partial charge in [0.05, 0.1) is 23.6 Å². The van der Waals surface area contributed by atoms with E-state index in [1.54, 1.807) is 12.1 Å². The molecule has 7 nitrogen and oxygen atoms in total. The van der Waals surface area contributed by atoms with E-state index in [2.05, 4.69) is 18.7 Å². The van der Waals surface area contributed by atoms with Gasteiger partial charge in [-0.1, -0.05) is 38.1 Å². The molecule has 0 bridgehead atoms. The van der Waals surface area contributed by atoms with Gasteiger partial charge >= 0.3 is 5.97 Å². The molecule has 42 heavy (non-hydrogen) atoms. The minimum atomic E-state index is -1.19. The molecule has 1 aliphatic heterocycles. The van der Waals surface area contributed by atoms with Crippen LogP contribution in [0.1, 0.15) is 76.1 Å². The first-order valence-electron chi connectivity index (χ1n) is 14.6. The van der Waals surface area contributed by atoms with Gasteiger partial charge in [0.2, 0.25) is 0 Å². The van der Waals surface area contributed by atoms with Gasteiger partial charge in [-0.25, -0.2) is 9.18 Å². The fourth-order valence-electron chi connectivity index (χ4n) is 5.43. The standard InChI is InChI=1S/C34H44FN3O4/c1-22-28(31(32(39)40)42-33(2,3)4)30(38-18-16-34(5,6)17-19-38)29(27(21-36)37-22)24-9-13-26(14-10-24)41-20-15-23-7-11-25(35)12-8-23/h7-14,31H,15-21,36H2,1-6H3,(H,39,40). The van der Waals surface area contributed by atoms with Gasteiger partial charge in [0, 0.05) is 42.9 Å². The van der Waals surface area contributed by atoms with E-state index in [-0.39, 0.29) is 17.8 Å². The lowest BCUT2D eigenvalue weighted by Crippen LogP contribution is -2.39. The first-order chi connectivity index (χ1) is 19.8. The highest BCUT2D eigenvalue weighted by atomic mass is 19.1. The molecule has 2 heterocycles. The predicted octanol–water partition coefficient (Wildman–Crippen LogP) is 6.84. The number of hydrogen-bond acceptors (Lipinski definition) is 6. The minimum Gasteiger partial charge on any atom is -0.493 e. The zero-order chi connectivity index (χ0) is 30.7. The van der Waals surface area contributed by atoms with Gasteiger partial charge in [-0.3, -0.25) is 4.98 Å². The Hall–Kier alpha value is -3.49. The highest BCUT2D eigenvalue weighted by Crippen LogP contribution is 2.45. The molecular weight excluding hydrogens is 533 g/mol. The van der Waals surface area contributed by atoms with Crippen molar-refractivity contribution >= 4 is 11.7 Å². The molecular formula is C34H44FN3O4. The zero-order valence-electron chi connectivity index (χ0n) is 25.7. The molecule has 1 fully saturated rings. The third kappa shape index (κ3) is 7.66. The molecule has 0 spiro atoms. The van der Waals surface area contributed by atoms with Crippen LogP contribution >= 0.6 is 0 Å². The van der Waals surface area contributed by atoms with E-state index in [0.717, 1.165) is 48.3 Å². The number of aryl methyl sites for hydroxylation is 1. The van der Waals surface area contributed by atoms with Crippen molar-refractivity contribution in [3.8, 4) is 16.9 Å². The number of benzene rings is 2. The maximum Gasteiger partial charge on any atom is 0.337 e. The van der Waals surface area contributed by atoms with Crippen LogP contribution in [0, 0.1) is 18.2 Å². The molecule has 1 unspecified atom stereocenters. The third-order valence-corrected chi connectivity index (χ3v) is 7.77. The van der Waals surface area contributed by atoms with Crippen LogP contribution in [-0.2, 0) is 22.5 Å². The minimum absolute atomic E-state index is 0.205. The number of carboxylic acid groups (broad SMARTS) is 1. The number of rotatable bonds is 10. The normalized spacial score (nSPS) is 15.9. The summed E-state index contributed by atoms with van der Waals surface area (Å²) >= 11 is 0. The number of anilines is 1. The van der Waals surface area contributed by atoms with E-state index in [1.165, 1.54) is 12.1 Å². The summed E-state index contributed by atoms with van der Waals surface area (Å²) in [6.45, 7) is 14.2.